The summed E-state index contributed by atoms with van der Waals surface area (Å²) in [5, 5.41) is 1.01. The number of nitrogens with zero attached hydrogens (tertiary/aromatic N) is 3. The molecule has 156 valence electrons. The van der Waals surface area contributed by atoms with Gasteiger partial charge in [0.1, 0.15) is 0 Å². The molecule has 29 heavy (non-hydrogen) atoms. The van der Waals surface area contributed by atoms with Crippen molar-refractivity contribution >= 4 is 16.8 Å². The summed E-state index contributed by atoms with van der Waals surface area (Å²) < 4.78 is 6.40. The first-order valence-electron chi connectivity index (χ1n) is 11.0. The van der Waals surface area contributed by atoms with E-state index in [9.17, 15) is 4.79 Å². The molecule has 3 fully saturated rings. The van der Waals surface area contributed by atoms with Gasteiger partial charge in [-0.25, -0.2) is 0 Å². The number of hydrogen-bond donors (Lipinski definition) is 1. The average molecular weight is 397 g/mol. The molecule has 3 saturated heterocycles. The Morgan fingerprint density at radius 2 is 2.03 bits per heavy atom. The molecule has 0 saturated carbocycles. The van der Waals surface area contributed by atoms with Gasteiger partial charge in [-0.15, -0.1) is 0 Å². The first kappa shape index (κ1) is 19.1. The minimum atomic E-state index is -0.142. The number of amides is 1. The van der Waals surface area contributed by atoms with Crippen LogP contribution < -0.4 is 0 Å². The second-order valence-electron chi connectivity index (χ2n) is 9.25. The number of para-hydroxylation sites is 1. The molecular formula is C23H32N4O2. The Morgan fingerprint density at radius 1 is 1.21 bits per heavy atom. The van der Waals surface area contributed by atoms with Crippen LogP contribution in [-0.4, -0.2) is 90.7 Å². The van der Waals surface area contributed by atoms with Crippen LogP contribution in [0.3, 0.4) is 0 Å². The molecule has 1 spiro atoms. The number of nitrogens with one attached hydrogen (secondary N) is 1. The van der Waals surface area contributed by atoms with Gasteiger partial charge in [0.2, 0.25) is 0 Å². The van der Waals surface area contributed by atoms with Crippen molar-refractivity contribution in [1.29, 1.82) is 0 Å². The Labute approximate surface area is 172 Å². The Bertz CT molecular complexity index is 873. The molecule has 0 bridgehead atoms. The predicted molar refractivity (Wildman–Crippen MR) is 114 cm³/mol. The summed E-state index contributed by atoms with van der Waals surface area (Å²) in [7, 11) is 2.20. The van der Waals surface area contributed by atoms with E-state index < -0.39 is 0 Å². The third kappa shape index (κ3) is 3.81. The highest BCUT2D eigenvalue weighted by Crippen LogP contribution is 2.38. The average Bonchev–Trinajstić information content (AvgIpc) is 3.34. The zero-order valence-electron chi connectivity index (χ0n) is 17.4. The van der Waals surface area contributed by atoms with Gasteiger partial charge in [-0.3, -0.25) is 4.79 Å². The number of fused-ring (bicyclic) bond motifs is 1. The second-order valence-corrected chi connectivity index (χ2v) is 9.25. The van der Waals surface area contributed by atoms with Gasteiger partial charge < -0.3 is 24.4 Å². The monoisotopic (exact) mass is 396 g/mol. The third-order valence-electron chi connectivity index (χ3n) is 7.04. The lowest BCUT2D eigenvalue weighted by Gasteiger charge is -2.40. The number of carbonyl (C=O) groups is 1. The number of rotatable bonds is 3. The molecule has 1 aromatic carbocycles. The third-order valence-corrected chi connectivity index (χ3v) is 7.04. The van der Waals surface area contributed by atoms with Crippen molar-refractivity contribution in [2.45, 2.75) is 24.9 Å². The molecule has 1 amide bonds. The fourth-order valence-corrected chi connectivity index (χ4v) is 5.43. The number of likely N-dealkylation sites (tertiary alicyclic amines) is 1. The van der Waals surface area contributed by atoms with Crippen LogP contribution in [0.25, 0.3) is 10.9 Å². The van der Waals surface area contributed by atoms with Gasteiger partial charge in [-0.1, -0.05) is 18.2 Å². The quantitative estimate of drug-likeness (QED) is 0.866. The number of piperidine rings is 1. The molecule has 0 unspecified atom stereocenters. The molecule has 5 rings (SSSR count). The van der Waals surface area contributed by atoms with E-state index in [0.29, 0.717) is 5.92 Å². The topological polar surface area (TPSA) is 51.8 Å². The lowest BCUT2D eigenvalue weighted by molar-refractivity contribution is -0.0450. The van der Waals surface area contributed by atoms with Crippen molar-refractivity contribution in [2.75, 3.05) is 59.5 Å². The molecule has 3 aliphatic heterocycles. The fraction of sp³-hybridized carbons (Fsp3) is 0.609. The van der Waals surface area contributed by atoms with Crippen LogP contribution in [0.1, 0.15) is 29.6 Å². The van der Waals surface area contributed by atoms with E-state index in [2.05, 4.69) is 21.8 Å². The summed E-state index contributed by atoms with van der Waals surface area (Å²) in [5.41, 5.74) is 1.66. The normalized spacial score (nSPS) is 29.1. The minimum absolute atomic E-state index is 0.132. The predicted octanol–water partition coefficient (Wildman–Crippen LogP) is 2.43. The van der Waals surface area contributed by atoms with Crippen molar-refractivity contribution in [3.8, 4) is 0 Å². The Hall–Kier alpha value is -1.89. The zero-order valence-corrected chi connectivity index (χ0v) is 17.4. The van der Waals surface area contributed by atoms with Gasteiger partial charge in [0.15, 0.2) is 0 Å². The van der Waals surface area contributed by atoms with Gasteiger partial charge in [-0.05, 0) is 38.3 Å². The maximum Gasteiger partial charge on any atom is 0.256 e. The van der Waals surface area contributed by atoms with Crippen LogP contribution in [-0.2, 0) is 4.74 Å². The van der Waals surface area contributed by atoms with E-state index in [1.807, 2.05) is 35.4 Å². The first-order valence-corrected chi connectivity index (χ1v) is 11.0. The standard InChI is InChI=1S/C23H32N4O2/c1-25-9-11-26(12-10-25)15-18-13-23(29-16-18)7-4-8-27(17-23)22(28)20-14-24-21-6-3-2-5-19(20)21/h2-3,5-6,14,18,24H,4,7-13,15-17H2,1H3/t18-,23+/m1/s1. The van der Waals surface area contributed by atoms with Gasteiger partial charge in [0.25, 0.3) is 5.91 Å². The van der Waals surface area contributed by atoms with E-state index in [0.717, 1.165) is 88.1 Å². The lowest BCUT2D eigenvalue weighted by Crippen LogP contribution is -2.50. The Balaban J connectivity index is 1.24. The van der Waals surface area contributed by atoms with Crippen molar-refractivity contribution < 1.29 is 9.53 Å². The van der Waals surface area contributed by atoms with Crippen molar-refractivity contribution in [2.24, 2.45) is 5.92 Å². The van der Waals surface area contributed by atoms with Crippen LogP contribution in [0.15, 0.2) is 30.5 Å². The summed E-state index contributed by atoms with van der Waals surface area (Å²) in [6, 6.07) is 8.04. The second kappa shape index (κ2) is 7.74. The van der Waals surface area contributed by atoms with E-state index in [1.165, 1.54) is 0 Å². The summed E-state index contributed by atoms with van der Waals surface area (Å²) >= 11 is 0. The smallest absolute Gasteiger partial charge is 0.256 e. The molecular weight excluding hydrogens is 364 g/mol. The Morgan fingerprint density at radius 3 is 2.90 bits per heavy atom. The summed E-state index contributed by atoms with van der Waals surface area (Å²) in [5.74, 6) is 0.717. The molecule has 0 aliphatic carbocycles. The van der Waals surface area contributed by atoms with Crippen LogP contribution in [0.5, 0.6) is 0 Å². The molecule has 3 aliphatic rings. The molecule has 1 N–H and O–H groups in total. The number of hydrogen-bond acceptors (Lipinski definition) is 4. The van der Waals surface area contributed by atoms with Gasteiger partial charge in [0.05, 0.1) is 17.8 Å². The largest absolute Gasteiger partial charge is 0.373 e. The van der Waals surface area contributed by atoms with Crippen LogP contribution in [0.2, 0.25) is 0 Å². The van der Waals surface area contributed by atoms with Crippen molar-refractivity contribution in [3.63, 3.8) is 0 Å². The molecule has 2 aromatic rings. The highest BCUT2D eigenvalue weighted by atomic mass is 16.5. The highest BCUT2D eigenvalue weighted by Gasteiger charge is 2.45. The first-order chi connectivity index (χ1) is 14.1. The molecule has 0 radical (unpaired) electrons. The van der Waals surface area contributed by atoms with Gasteiger partial charge >= 0.3 is 0 Å². The van der Waals surface area contributed by atoms with E-state index in [-0.39, 0.29) is 11.5 Å². The van der Waals surface area contributed by atoms with Gasteiger partial charge in [-0.2, -0.15) is 0 Å². The highest BCUT2D eigenvalue weighted by molar-refractivity contribution is 6.06. The zero-order chi connectivity index (χ0) is 19.8. The van der Waals surface area contributed by atoms with Gasteiger partial charge in [0, 0.05) is 62.9 Å². The number of benzene rings is 1. The number of H-pyrrole nitrogens is 1. The Kier molecular flexibility index (Phi) is 5.10. The molecule has 2 atom stereocenters. The van der Waals surface area contributed by atoms with E-state index in [1.54, 1.807) is 0 Å². The number of carbonyl (C=O) groups excluding carboxylic acids is 1. The number of ether oxygens (including phenoxy) is 1. The number of aromatic nitrogens is 1. The van der Waals surface area contributed by atoms with E-state index >= 15 is 0 Å². The summed E-state index contributed by atoms with van der Waals surface area (Å²) in [6.07, 6.45) is 5.04. The molecule has 6 nitrogen and oxygen atoms in total. The minimum Gasteiger partial charge on any atom is -0.373 e. The molecule has 1 aromatic heterocycles. The number of piperazine rings is 1. The maximum atomic E-state index is 13.3. The maximum absolute atomic E-state index is 13.3. The molecule has 4 heterocycles. The van der Waals surface area contributed by atoms with E-state index in [4.69, 9.17) is 4.74 Å². The van der Waals surface area contributed by atoms with Crippen molar-refractivity contribution in [3.05, 3.63) is 36.0 Å². The SMILES string of the molecule is CN1CCN(C[C@@H]2CO[C@@]3(CCCN(C(=O)c4c[nH]c5ccccc45)C3)C2)CC1. The summed E-state index contributed by atoms with van der Waals surface area (Å²) in [4.78, 5) is 23.5. The number of aromatic amines is 1. The number of likely N-dealkylation sites (N-methyl/N-ethyl adjacent to an activating group) is 1. The fourth-order valence-electron chi connectivity index (χ4n) is 5.43. The van der Waals surface area contributed by atoms with Crippen LogP contribution in [0.4, 0.5) is 0 Å². The van der Waals surface area contributed by atoms with Crippen LogP contribution >= 0.6 is 0 Å². The van der Waals surface area contributed by atoms with Crippen LogP contribution in [0, 0.1) is 5.92 Å². The lowest BCUT2D eigenvalue weighted by atomic mass is 9.86. The summed E-state index contributed by atoms with van der Waals surface area (Å²) in [6.45, 7) is 8.15. The molecule has 6 heteroatoms. The van der Waals surface area contributed by atoms with Crippen molar-refractivity contribution in [1.82, 2.24) is 19.7 Å².